The molecule has 0 bridgehead atoms. The minimum absolute atomic E-state index is 0.0276. The summed E-state index contributed by atoms with van der Waals surface area (Å²) >= 11 is 0. The third-order valence-corrected chi connectivity index (χ3v) is 11.5. The topological polar surface area (TPSA) is 83.2 Å². The molecule has 6 heteroatoms. The molecular formula is C48H60N3O3+. The van der Waals surface area contributed by atoms with Gasteiger partial charge in [-0.25, -0.2) is 9.78 Å². The number of nitrogens with zero attached hydrogens (tertiary/aromatic N) is 2. The van der Waals surface area contributed by atoms with Crippen LogP contribution in [0.3, 0.4) is 0 Å². The molecule has 0 amide bonds. The summed E-state index contributed by atoms with van der Waals surface area (Å²) in [7, 11) is 0. The van der Waals surface area contributed by atoms with E-state index in [2.05, 4.69) is 70.3 Å². The Bertz CT molecular complexity index is 1920. The van der Waals surface area contributed by atoms with Crippen LogP contribution in [0, 0.1) is 11.8 Å². The van der Waals surface area contributed by atoms with Crippen molar-refractivity contribution in [2.75, 3.05) is 5.32 Å². The molecule has 2 heterocycles. The molecule has 3 unspecified atom stereocenters. The zero-order valence-electron chi connectivity index (χ0n) is 33.2. The van der Waals surface area contributed by atoms with E-state index in [1.165, 1.54) is 69.8 Å². The van der Waals surface area contributed by atoms with E-state index in [4.69, 9.17) is 4.98 Å². The molecule has 1 aliphatic carbocycles. The van der Waals surface area contributed by atoms with Crippen LogP contribution in [0.2, 0.25) is 0 Å². The average molecular weight is 727 g/mol. The van der Waals surface area contributed by atoms with Crippen LogP contribution in [0.4, 0.5) is 5.82 Å². The van der Waals surface area contributed by atoms with E-state index >= 15 is 0 Å². The maximum Gasteiger partial charge on any atom is 0.359 e. The van der Waals surface area contributed by atoms with Crippen LogP contribution in [-0.2, 0) is 23.1 Å². The van der Waals surface area contributed by atoms with E-state index < -0.39 is 6.04 Å². The summed E-state index contributed by atoms with van der Waals surface area (Å²) in [6, 6.07) is 23.3. The van der Waals surface area contributed by atoms with Crippen LogP contribution in [0.1, 0.15) is 138 Å². The number of nitrogens with one attached hydrogen (secondary N) is 1. The van der Waals surface area contributed by atoms with E-state index in [9.17, 15) is 14.7 Å². The summed E-state index contributed by atoms with van der Waals surface area (Å²) in [6.07, 6.45) is 19.5. The first-order valence-electron chi connectivity index (χ1n) is 20.5. The van der Waals surface area contributed by atoms with Gasteiger partial charge in [0.1, 0.15) is 23.3 Å². The molecule has 2 aliphatic rings. The van der Waals surface area contributed by atoms with E-state index in [0.717, 1.165) is 39.9 Å². The number of unbranched alkanes of at least 4 members (excludes halogenated alkanes) is 9. The molecule has 0 radical (unpaired) electrons. The van der Waals surface area contributed by atoms with Gasteiger partial charge in [0.2, 0.25) is 0 Å². The van der Waals surface area contributed by atoms with E-state index in [1.807, 2.05) is 36.4 Å². The molecule has 6 nitrogen and oxygen atoms in total. The van der Waals surface area contributed by atoms with Gasteiger partial charge in [-0.1, -0.05) is 153 Å². The van der Waals surface area contributed by atoms with Crippen LogP contribution in [0.15, 0.2) is 85.1 Å². The van der Waals surface area contributed by atoms with E-state index in [-0.39, 0.29) is 28.8 Å². The molecule has 2 N–H and O–H groups in total. The predicted octanol–water partition coefficient (Wildman–Crippen LogP) is 10.8. The summed E-state index contributed by atoms with van der Waals surface area (Å²) in [5.41, 5.74) is 7.55. The average Bonchev–Trinajstić information content (AvgIpc) is 3.47. The smallest absolute Gasteiger partial charge is 0.359 e. The number of rotatable bonds is 18. The standard InChI is InChI=1S/C48H59N3O3/c1-6-7-8-9-10-11-12-13-14-15-16-33(2)40-31-41(45(40)53)36-21-17-34(18-22-36)30-43-47(54)51-32-44(37-23-27-39(52)28-24-37)49-42(46(51)50-43)29-35-19-25-38(26-20-35)48(3,4)5/h17-28,31-33,40,43,52H,6-16,29-30H2,1-5H3/p+1. The molecule has 54 heavy (non-hydrogen) atoms. The maximum atomic E-state index is 13.9. The second-order valence-electron chi connectivity index (χ2n) is 16.8. The fourth-order valence-electron chi connectivity index (χ4n) is 7.89. The van der Waals surface area contributed by atoms with Crippen molar-refractivity contribution in [3.8, 4) is 17.0 Å². The Labute approximate surface area is 323 Å². The highest BCUT2D eigenvalue weighted by molar-refractivity contribution is 6.28. The minimum atomic E-state index is -0.449. The number of Topliss-reactive ketones (excluding diaryl/α,β-unsaturated/α-hetero) is 1. The fourth-order valence-corrected chi connectivity index (χ4v) is 7.89. The molecule has 0 saturated heterocycles. The van der Waals surface area contributed by atoms with Crippen molar-refractivity contribution in [1.29, 1.82) is 0 Å². The Kier molecular flexibility index (Phi) is 12.8. The fraction of sp³-hybridized carbons (Fsp3) is 0.458. The first kappa shape index (κ1) is 39.1. The molecule has 0 spiro atoms. The highest BCUT2D eigenvalue weighted by Gasteiger charge is 2.41. The summed E-state index contributed by atoms with van der Waals surface area (Å²) < 4.78 is 1.71. The number of carbonyl (C=O) groups excluding carboxylic acids is 2. The number of phenols is 1. The number of allylic oxidation sites excluding steroid dienone is 2. The lowest BCUT2D eigenvalue weighted by molar-refractivity contribution is -0.552. The van der Waals surface area contributed by atoms with E-state index in [0.29, 0.717) is 30.3 Å². The van der Waals surface area contributed by atoms with Gasteiger partial charge in [0.15, 0.2) is 11.8 Å². The highest BCUT2D eigenvalue weighted by Crippen LogP contribution is 2.37. The molecule has 0 fully saturated rings. The van der Waals surface area contributed by atoms with Crippen molar-refractivity contribution in [2.24, 2.45) is 11.8 Å². The number of phenolic OH excluding ortho intramolecular Hbond substituents is 1. The van der Waals surface area contributed by atoms with Gasteiger partial charge in [0, 0.05) is 29.9 Å². The monoisotopic (exact) mass is 726 g/mol. The van der Waals surface area contributed by atoms with Crippen molar-refractivity contribution in [2.45, 2.75) is 130 Å². The Morgan fingerprint density at radius 2 is 1.37 bits per heavy atom. The normalized spacial score (nSPS) is 17.2. The number of benzene rings is 3. The number of anilines is 1. The molecular weight excluding hydrogens is 667 g/mol. The van der Waals surface area contributed by atoms with Gasteiger partial charge in [-0.3, -0.25) is 10.1 Å². The van der Waals surface area contributed by atoms with Gasteiger partial charge in [-0.05, 0) is 64.3 Å². The molecule has 0 saturated carbocycles. The molecule has 3 aromatic carbocycles. The van der Waals surface area contributed by atoms with Crippen molar-refractivity contribution in [3.63, 3.8) is 0 Å². The maximum absolute atomic E-state index is 13.9. The first-order valence-corrected chi connectivity index (χ1v) is 20.5. The molecule has 4 aromatic rings. The van der Waals surface area contributed by atoms with Crippen LogP contribution in [-0.4, -0.2) is 27.8 Å². The third kappa shape index (κ3) is 9.55. The SMILES string of the molecule is CCCCCCCCCCCCC(C)C1C=C(c2ccc(CC3Nc4c(Cc5ccc(C(C)(C)C)cc5)nc(-c5ccc(O)cc5)c[n+]4C3=O)cc2)C1=O. The summed E-state index contributed by atoms with van der Waals surface area (Å²) in [4.78, 5) is 32.2. The lowest BCUT2D eigenvalue weighted by Gasteiger charge is -2.29. The number of ketones is 1. The molecule has 6 rings (SSSR count). The number of aromatic nitrogens is 2. The van der Waals surface area contributed by atoms with Crippen LogP contribution >= 0.6 is 0 Å². The summed E-state index contributed by atoms with van der Waals surface area (Å²) in [5, 5.41) is 13.4. The van der Waals surface area contributed by atoms with Gasteiger partial charge in [-0.15, -0.1) is 0 Å². The summed E-state index contributed by atoms with van der Waals surface area (Å²) in [5.74, 6) is 1.54. The van der Waals surface area contributed by atoms with Crippen molar-refractivity contribution in [3.05, 3.63) is 113 Å². The Morgan fingerprint density at radius 1 is 0.778 bits per heavy atom. The van der Waals surface area contributed by atoms with Gasteiger partial charge < -0.3 is 5.11 Å². The minimum Gasteiger partial charge on any atom is -0.508 e. The van der Waals surface area contributed by atoms with Gasteiger partial charge >= 0.3 is 11.7 Å². The number of hydrogen-bond acceptors (Lipinski definition) is 5. The zero-order chi connectivity index (χ0) is 38.2. The van der Waals surface area contributed by atoms with Crippen LogP contribution in [0.25, 0.3) is 16.8 Å². The highest BCUT2D eigenvalue weighted by atomic mass is 16.3. The molecule has 284 valence electrons. The van der Waals surface area contributed by atoms with Crippen LogP contribution < -0.4 is 9.88 Å². The zero-order valence-corrected chi connectivity index (χ0v) is 33.2. The van der Waals surface area contributed by atoms with Gasteiger partial charge in [-0.2, -0.15) is 4.57 Å². The molecule has 1 aliphatic heterocycles. The lowest BCUT2D eigenvalue weighted by Crippen LogP contribution is -2.44. The van der Waals surface area contributed by atoms with Crippen molar-refractivity contribution >= 4 is 23.1 Å². The van der Waals surface area contributed by atoms with Crippen molar-refractivity contribution < 1.29 is 19.3 Å². The van der Waals surface area contributed by atoms with Gasteiger partial charge in [0.25, 0.3) is 0 Å². The third-order valence-electron chi connectivity index (χ3n) is 11.5. The number of hydrogen-bond donors (Lipinski definition) is 2. The lowest BCUT2D eigenvalue weighted by atomic mass is 9.73. The molecule has 1 aromatic heterocycles. The number of aromatic hydroxyl groups is 1. The summed E-state index contributed by atoms with van der Waals surface area (Å²) in [6.45, 7) is 11.1. The Balaban J connectivity index is 1.07. The van der Waals surface area contributed by atoms with Crippen molar-refractivity contribution in [1.82, 2.24) is 4.98 Å². The predicted molar refractivity (Wildman–Crippen MR) is 220 cm³/mol. The van der Waals surface area contributed by atoms with Gasteiger partial charge in [0.05, 0.1) is 0 Å². The van der Waals surface area contributed by atoms with E-state index in [1.54, 1.807) is 22.9 Å². The first-order chi connectivity index (χ1) is 26.0. The molecule has 3 atom stereocenters. The second-order valence-corrected chi connectivity index (χ2v) is 16.8. The Hall–Kier alpha value is -4.58. The number of carbonyl (C=O) groups is 2. The Morgan fingerprint density at radius 3 is 1.98 bits per heavy atom. The quantitative estimate of drug-likeness (QED) is 0.0788. The second kappa shape index (κ2) is 17.7. The largest absolute Gasteiger partial charge is 0.508 e. The number of fused-ring (bicyclic) bond motifs is 1. The van der Waals surface area contributed by atoms with Crippen LogP contribution in [0.5, 0.6) is 5.75 Å².